The molecule has 68 valence electrons. The second kappa shape index (κ2) is 6.54. The Morgan fingerprint density at radius 1 is 1.18 bits per heavy atom. The molecular weight excluding hydrogens is 146 g/mol. The Labute approximate surface area is 67.1 Å². The van der Waals surface area contributed by atoms with Gasteiger partial charge in [0.15, 0.2) is 0 Å². The van der Waals surface area contributed by atoms with Crippen LogP contribution in [0.25, 0.3) is 0 Å². The van der Waals surface area contributed by atoms with Gasteiger partial charge in [-0.05, 0) is 6.92 Å². The summed E-state index contributed by atoms with van der Waals surface area (Å²) in [6, 6.07) is 0. The highest BCUT2D eigenvalue weighted by atomic mass is 16.3. The van der Waals surface area contributed by atoms with Gasteiger partial charge in [-0.1, -0.05) is 0 Å². The average molecular weight is 163 g/mol. The molecule has 0 aliphatic rings. The lowest BCUT2D eigenvalue weighted by Gasteiger charge is -2.21. The van der Waals surface area contributed by atoms with Crippen molar-refractivity contribution in [3.63, 3.8) is 0 Å². The van der Waals surface area contributed by atoms with Gasteiger partial charge in [-0.3, -0.25) is 4.90 Å². The Kier molecular flexibility index (Phi) is 6.45. The van der Waals surface area contributed by atoms with E-state index in [2.05, 4.69) is 0 Å². The molecule has 0 aromatic heterocycles. The maximum Gasteiger partial charge on any atom is 0.0639 e. The molecule has 0 spiro atoms. The maximum absolute atomic E-state index is 8.97. The van der Waals surface area contributed by atoms with E-state index in [-0.39, 0.29) is 13.2 Å². The van der Waals surface area contributed by atoms with Gasteiger partial charge in [-0.2, -0.15) is 0 Å². The van der Waals surface area contributed by atoms with Crippen LogP contribution in [0.5, 0.6) is 0 Å². The third-order valence-corrected chi connectivity index (χ3v) is 1.35. The zero-order valence-corrected chi connectivity index (χ0v) is 6.90. The zero-order chi connectivity index (χ0) is 8.69. The van der Waals surface area contributed by atoms with Gasteiger partial charge in [-0.15, -0.1) is 0 Å². The predicted octanol–water partition coefficient (Wildman–Crippen LogP) is -1.35. The van der Waals surface area contributed by atoms with Crippen LogP contribution in [0.1, 0.15) is 6.92 Å². The van der Waals surface area contributed by atoms with Crippen molar-refractivity contribution >= 4 is 0 Å². The molecule has 1 atom stereocenters. The quantitative estimate of drug-likeness (QED) is 0.453. The van der Waals surface area contributed by atoms with E-state index in [0.717, 1.165) is 0 Å². The molecule has 11 heavy (non-hydrogen) atoms. The van der Waals surface area contributed by atoms with Gasteiger partial charge >= 0.3 is 0 Å². The van der Waals surface area contributed by atoms with Crippen LogP contribution in [0.3, 0.4) is 0 Å². The molecule has 0 heterocycles. The van der Waals surface area contributed by atoms with Crippen molar-refractivity contribution in [2.75, 3.05) is 32.8 Å². The van der Waals surface area contributed by atoms with E-state index in [1.165, 1.54) is 0 Å². The fraction of sp³-hybridized carbons (Fsp3) is 1.00. The van der Waals surface area contributed by atoms with Crippen LogP contribution in [-0.4, -0.2) is 59.2 Å². The first kappa shape index (κ1) is 10.8. The number of aliphatic hydroxyl groups is 3. The molecule has 0 aromatic carbocycles. The highest BCUT2D eigenvalue weighted by Gasteiger charge is 2.05. The van der Waals surface area contributed by atoms with Gasteiger partial charge in [-0.25, -0.2) is 0 Å². The summed E-state index contributed by atoms with van der Waals surface area (Å²) in [6.07, 6.45) is -0.409. The summed E-state index contributed by atoms with van der Waals surface area (Å²) in [6.45, 7) is 3.32. The van der Waals surface area contributed by atoms with E-state index in [1.54, 1.807) is 6.92 Å². The molecule has 0 bridgehead atoms. The fourth-order valence-corrected chi connectivity index (χ4v) is 0.951. The number of aliphatic hydroxyl groups excluding tert-OH is 3. The van der Waals surface area contributed by atoms with E-state index in [1.807, 2.05) is 4.90 Å². The first-order chi connectivity index (χ1) is 5.20. The third-order valence-electron chi connectivity index (χ3n) is 1.35. The molecule has 0 rings (SSSR count). The summed E-state index contributed by atoms with van der Waals surface area (Å²) in [5.41, 5.74) is 0. The molecule has 4 nitrogen and oxygen atoms in total. The largest absolute Gasteiger partial charge is 0.395 e. The SMILES string of the molecule is C[C@@H](O)CN(CCO)CCO. The summed E-state index contributed by atoms with van der Waals surface area (Å²) in [4.78, 5) is 1.81. The lowest BCUT2D eigenvalue weighted by Crippen LogP contribution is -2.35. The van der Waals surface area contributed by atoms with Gasteiger partial charge in [0.1, 0.15) is 0 Å². The lowest BCUT2D eigenvalue weighted by molar-refractivity contribution is 0.0972. The molecule has 4 heteroatoms. The first-order valence-corrected chi connectivity index (χ1v) is 3.82. The monoisotopic (exact) mass is 163 g/mol. The average Bonchev–Trinajstić information content (AvgIpc) is 1.87. The number of hydrogen-bond acceptors (Lipinski definition) is 4. The summed E-state index contributed by atoms with van der Waals surface area (Å²) in [5.74, 6) is 0. The van der Waals surface area contributed by atoms with Gasteiger partial charge < -0.3 is 15.3 Å². The molecule has 0 aromatic rings. The minimum Gasteiger partial charge on any atom is -0.395 e. The molecule has 0 radical (unpaired) electrons. The zero-order valence-electron chi connectivity index (χ0n) is 6.90. The second-order valence-corrected chi connectivity index (χ2v) is 2.60. The minimum atomic E-state index is -0.409. The molecule has 0 unspecified atom stereocenters. The molecule has 0 fully saturated rings. The van der Waals surface area contributed by atoms with Crippen LogP contribution >= 0.6 is 0 Å². The van der Waals surface area contributed by atoms with E-state index >= 15 is 0 Å². The Bertz CT molecular complexity index is 81.8. The van der Waals surface area contributed by atoms with Gasteiger partial charge in [0.05, 0.1) is 19.3 Å². The van der Waals surface area contributed by atoms with E-state index in [0.29, 0.717) is 19.6 Å². The molecule has 0 aliphatic carbocycles. The highest BCUT2D eigenvalue weighted by Crippen LogP contribution is 1.90. The summed E-state index contributed by atoms with van der Waals surface area (Å²) in [5, 5.41) is 26.1. The van der Waals surface area contributed by atoms with Crippen molar-refractivity contribution < 1.29 is 15.3 Å². The summed E-state index contributed by atoms with van der Waals surface area (Å²) in [7, 11) is 0. The molecule has 0 saturated heterocycles. The van der Waals surface area contributed by atoms with E-state index in [4.69, 9.17) is 15.3 Å². The topological polar surface area (TPSA) is 63.9 Å². The van der Waals surface area contributed by atoms with Crippen molar-refractivity contribution in [2.45, 2.75) is 13.0 Å². The molecule has 0 amide bonds. The Morgan fingerprint density at radius 3 is 1.91 bits per heavy atom. The fourth-order valence-electron chi connectivity index (χ4n) is 0.951. The number of nitrogens with zero attached hydrogens (tertiary/aromatic N) is 1. The standard InChI is InChI=1S/C7H17NO3/c1-7(11)6-8(2-4-9)3-5-10/h7,9-11H,2-6H2,1H3/t7-/m1/s1. The predicted molar refractivity (Wildman–Crippen MR) is 42.3 cm³/mol. The van der Waals surface area contributed by atoms with Crippen molar-refractivity contribution in [3.05, 3.63) is 0 Å². The van der Waals surface area contributed by atoms with Crippen molar-refractivity contribution in [3.8, 4) is 0 Å². The van der Waals surface area contributed by atoms with Crippen LogP contribution in [-0.2, 0) is 0 Å². The molecule has 0 aliphatic heterocycles. The number of rotatable bonds is 6. The van der Waals surface area contributed by atoms with Crippen molar-refractivity contribution in [1.29, 1.82) is 0 Å². The third kappa shape index (κ3) is 6.25. The van der Waals surface area contributed by atoms with E-state index in [9.17, 15) is 0 Å². The van der Waals surface area contributed by atoms with Gasteiger partial charge in [0, 0.05) is 19.6 Å². The molecule has 0 saturated carbocycles. The van der Waals surface area contributed by atoms with Crippen LogP contribution < -0.4 is 0 Å². The molecule has 3 N–H and O–H groups in total. The highest BCUT2D eigenvalue weighted by molar-refractivity contribution is 4.59. The van der Waals surface area contributed by atoms with Crippen molar-refractivity contribution in [1.82, 2.24) is 4.90 Å². The first-order valence-electron chi connectivity index (χ1n) is 3.82. The van der Waals surface area contributed by atoms with Crippen LogP contribution in [0.4, 0.5) is 0 Å². The van der Waals surface area contributed by atoms with Crippen LogP contribution in [0.2, 0.25) is 0 Å². The van der Waals surface area contributed by atoms with Gasteiger partial charge in [0.2, 0.25) is 0 Å². The Balaban J connectivity index is 3.50. The Morgan fingerprint density at radius 2 is 1.64 bits per heavy atom. The second-order valence-electron chi connectivity index (χ2n) is 2.60. The van der Waals surface area contributed by atoms with Crippen LogP contribution in [0, 0.1) is 0 Å². The summed E-state index contributed by atoms with van der Waals surface area (Å²) < 4.78 is 0. The lowest BCUT2D eigenvalue weighted by atomic mass is 10.3. The Hall–Kier alpha value is -0.160. The van der Waals surface area contributed by atoms with Crippen molar-refractivity contribution in [2.24, 2.45) is 0 Å². The smallest absolute Gasteiger partial charge is 0.0639 e. The molecular formula is C7H17NO3. The van der Waals surface area contributed by atoms with Crippen LogP contribution in [0.15, 0.2) is 0 Å². The van der Waals surface area contributed by atoms with Gasteiger partial charge in [0.25, 0.3) is 0 Å². The van der Waals surface area contributed by atoms with E-state index < -0.39 is 6.10 Å². The summed E-state index contributed by atoms with van der Waals surface area (Å²) >= 11 is 0. The minimum absolute atomic E-state index is 0.0622. The number of hydrogen-bond donors (Lipinski definition) is 3. The maximum atomic E-state index is 8.97. The normalized spacial score (nSPS) is 13.9.